The molecule has 2 atom stereocenters. The Morgan fingerprint density at radius 1 is 1.39 bits per heavy atom. The molecule has 0 bridgehead atoms. The third-order valence-corrected chi connectivity index (χ3v) is 3.57. The standard InChI is InChI=1S/C15H24ClNO/c1-11-5-6-13(15(16)8-11)9-14(17-3)7-12(2)10-18-4/h5-6,8,12,14,17H,7,9-10H2,1-4H3. The fraction of sp³-hybridized carbons (Fsp3) is 0.600. The van der Waals surface area contributed by atoms with Gasteiger partial charge < -0.3 is 10.1 Å². The van der Waals surface area contributed by atoms with Crippen molar-refractivity contribution in [3.63, 3.8) is 0 Å². The molecule has 0 saturated heterocycles. The summed E-state index contributed by atoms with van der Waals surface area (Å²) in [5.74, 6) is 0.552. The van der Waals surface area contributed by atoms with Crippen molar-refractivity contribution >= 4 is 11.6 Å². The number of halogens is 1. The second-order valence-corrected chi connectivity index (χ2v) is 5.49. The van der Waals surface area contributed by atoms with Crippen LogP contribution >= 0.6 is 11.6 Å². The summed E-state index contributed by atoms with van der Waals surface area (Å²) in [5.41, 5.74) is 2.42. The molecule has 0 aromatic heterocycles. The Hall–Kier alpha value is -0.570. The highest BCUT2D eigenvalue weighted by Gasteiger charge is 2.13. The zero-order valence-electron chi connectivity index (χ0n) is 11.8. The molecule has 1 rings (SSSR count). The molecular weight excluding hydrogens is 246 g/mol. The molecule has 2 nitrogen and oxygen atoms in total. The fourth-order valence-corrected chi connectivity index (χ4v) is 2.54. The maximum atomic E-state index is 6.28. The molecule has 0 radical (unpaired) electrons. The van der Waals surface area contributed by atoms with Gasteiger partial charge in [0.15, 0.2) is 0 Å². The largest absolute Gasteiger partial charge is 0.384 e. The number of methoxy groups -OCH3 is 1. The van der Waals surface area contributed by atoms with Gasteiger partial charge in [-0.3, -0.25) is 0 Å². The predicted molar refractivity (Wildman–Crippen MR) is 78.4 cm³/mol. The molecular formula is C15H24ClNO. The molecule has 0 aliphatic heterocycles. The van der Waals surface area contributed by atoms with E-state index in [2.05, 4.69) is 31.3 Å². The monoisotopic (exact) mass is 269 g/mol. The number of likely N-dealkylation sites (N-methyl/N-ethyl adjacent to an activating group) is 1. The average Bonchev–Trinajstić information content (AvgIpc) is 2.31. The van der Waals surface area contributed by atoms with Crippen molar-refractivity contribution < 1.29 is 4.74 Å². The van der Waals surface area contributed by atoms with Crippen molar-refractivity contribution in [2.24, 2.45) is 5.92 Å². The van der Waals surface area contributed by atoms with Gasteiger partial charge in [0.25, 0.3) is 0 Å². The summed E-state index contributed by atoms with van der Waals surface area (Å²) < 4.78 is 5.18. The first kappa shape index (κ1) is 15.5. The summed E-state index contributed by atoms with van der Waals surface area (Å²) in [6.07, 6.45) is 2.05. The topological polar surface area (TPSA) is 21.3 Å². The Balaban J connectivity index is 2.62. The number of hydrogen-bond donors (Lipinski definition) is 1. The molecule has 0 spiro atoms. The number of ether oxygens (including phenoxy) is 1. The molecule has 0 heterocycles. The van der Waals surface area contributed by atoms with E-state index >= 15 is 0 Å². The van der Waals surface area contributed by atoms with Gasteiger partial charge >= 0.3 is 0 Å². The predicted octanol–water partition coefficient (Wildman–Crippen LogP) is 3.45. The molecule has 2 unspecified atom stereocenters. The van der Waals surface area contributed by atoms with Gasteiger partial charge in [-0.1, -0.05) is 30.7 Å². The van der Waals surface area contributed by atoms with Crippen molar-refractivity contribution in [2.45, 2.75) is 32.7 Å². The molecule has 18 heavy (non-hydrogen) atoms. The smallest absolute Gasteiger partial charge is 0.0488 e. The molecule has 102 valence electrons. The van der Waals surface area contributed by atoms with Gasteiger partial charge in [0.1, 0.15) is 0 Å². The molecule has 1 aromatic carbocycles. The molecule has 1 N–H and O–H groups in total. The van der Waals surface area contributed by atoms with E-state index in [9.17, 15) is 0 Å². The number of hydrogen-bond acceptors (Lipinski definition) is 2. The lowest BCUT2D eigenvalue weighted by molar-refractivity contribution is 0.150. The first-order chi connectivity index (χ1) is 8.56. The molecule has 0 amide bonds. The van der Waals surface area contributed by atoms with E-state index in [1.807, 2.05) is 13.1 Å². The number of aryl methyl sites for hydroxylation is 1. The van der Waals surface area contributed by atoms with E-state index in [4.69, 9.17) is 16.3 Å². The highest BCUT2D eigenvalue weighted by atomic mass is 35.5. The zero-order valence-corrected chi connectivity index (χ0v) is 12.6. The van der Waals surface area contributed by atoms with Crippen LogP contribution in [-0.4, -0.2) is 26.8 Å². The Kier molecular flexibility index (Phi) is 6.69. The van der Waals surface area contributed by atoms with Crippen LogP contribution in [0, 0.1) is 12.8 Å². The average molecular weight is 270 g/mol. The third kappa shape index (κ3) is 4.97. The zero-order chi connectivity index (χ0) is 13.5. The van der Waals surface area contributed by atoms with E-state index in [1.54, 1.807) is 7.11 Å². The van der Waals surface area contributed by atoms with Crippen LogP contribution in [0.4, 0.5) is 0 Å². The van der Waals surface area contributed by atoms with Gasteiger partial charge in [0.05, 0.1) is 0 Å². The van der Waals surface area contributed by atoms with Crippen molar-refractivity contribution in [3.8, 4) is 0 Å². The van der Waals surface area contributed by atoms with Crippen LogP contribution in [0.1, 0.15) is 24.5 Å². The highest BCUT2D eigenvalue weighted by molar-refractivity contribution is 6.31. The summed E-state index contributed by atoms with van der Waals surface area (Å²) in [6, 6.07) is 6.72. The third-order valence-electron chi connectivity index (χ3n) is 3.22. The van der Waals surface area contributed by atoms with Crippen LogP contribution in [0.2, 0.25) is 5.02 Å². The molecule has 3 heteroatoms. The quantitative estimate of drug-likeness (QED) is 0.819. The summed E-state index contributed by atoms with van der Waals surface area (Å²) in [6.45, 7) is 5.08. The SMILES string of the molecule is CNC(Cc1ccc(C)cc1Cl)CC(C)COC. The van der Waals surface area contributed by atoms with Gasteiger partial charge in [0.2, 0.25) is 0 Å². The molecule has 0 fully saturated rings. The van der Waals surface area contributed by atoms with E-state index in [0.717, 1.165) is 24.5 Å². The van der Waals surface area contributed by atoms with Gasteiger partial charge in [-0.25, -0.2) is 0 Å². The van der Waals surface area contributed by atoms with Crippen LogP contribution in [-0.2, 0) is 11.2 Å². The maximum absolute atomic E-state index is 6.28. The van der Waals surface area contributed by atoms with Crippen molar-refractivity contribution in [1.29, 1.82) is 0 Å². The minimum atomic E-state index is 0.440. The number of benzene rings is 1. The number of nitrogens with one attached hydrogen (secondary N) is 1. The van der Waals surface area contributed by atoms with Crippen molar-refractivity contribution in [1.82, 2.24) is 5.32 Å². The van der Waals surface area contributed by atoms with Crippen molar-refractivity contribution in [3.05, 3.63) is 34.3 Å². The lowest BCUT2D eigenvalue weighted by Gasteiger charge is -2.21. The minimum Gasteiger partial charge on any atom is -0.384 e. The normalized spacial score (nSPS) is 14.5. The second kappa shape index (κ2) is 7.78. The maximum Gasteiger partial charge on any atom is 0.0488 e. The van der Waals surface area contributed by atoms with Gasteiger partial charge in [-0.15, -0.1) is 0 Å². The van der Waals surface area contributed by atoms with E-state index in [0.29, 0.717) is 12.0 Å². The first-order valence-corrected chi connectivity index (χ1v) is 6.85. The van der Waals surface area contributed by atoms with E-state index in [-0.39, 0.29) is 0 Å². The lowest BCUT2D eigenvalue weighted by atomic mass is 9.96. The molecule has 0 saturated carbocycles. The van der Waals surface area contributed by atoms with Crippen LogP contribution in [0.15, 0.2) is 18.2 Å². The van der Waals surface area contributed by atoms with Crippen molar-refractivity contribution in [2.75, 3.05) is 20.8 Å². The van der Waals surface area contributed by atoms with Gasteiger partial charge in [0, 0.05) is 24.8 Å². The van der Waals surface area contributed by atoms with Crippen LogP contribution in [0.5, 0.6) is 0 Å². The summed E-state index contributed by atoms with van der Waals surface area (Å²) in [5, 5.41) is 4.24. The number of rotatable bonds is 7. The highest BCUT2D eigenvalue weighted by Crippen LogP contribution is 2.20. The van der Waals surface area contributed by atoms with Crippen LogP contribution in [0.25, 0.3) is 0 Å². The van der Waals surface area contributed by atoms with Crippen LogP contribution in [0.3, 0.4) is 0 Å². The molecule has 0 aliphatic carbocycles. The second-order valence-electron chi connectivity index (χ2n) is 5.08. The minimum absolute atomic E-state index is 0.440. The van der Waals surface area contributed by atoms with E-state index < -0.39 is 0 Å². The molecule has 1 aromatic rings. The van der Waals surface area contributed by atoms with Crippen LogP contribution < -0.4 is 5.32 Å². The fourth-order valence-electron chi connectivity index (χ4n) is 2.22. The Morgan fingerprint density at radius 3 is 2.67 bits per heavy atom. The summed E-state index contributed by atoms with van der Waals surface area (Å²) >= 11 is 6.28. The van der Waals surface area contributed by atoms with Gasteiger partial charge in [-0.2, -0.15) is 0 Å². The first-order valence-electron chi connectivity index (χ1n) is 6.48. The van der Waals surface area contributed by atoms with E-state index in [1.165, 1.54) is 11.1 Å². The Morgan fingerprint density at radius 2 is 2.11 bits per heavy atom. The van der Waals surface area contributed by atoms with Gasteiger partial charge in [-0.05, 0) is 49.9 Å². The summed E-state index contributed by atoms with van der Waals surface area (Å²) in [4.78, 5) is 0. The lowest BCUT2D eigenvalue weighted by Crippen LogP contribution is -2.30. The Bertz CT molecular complexity index is 368. The summed E-state index contributed by atoms with van der Waals surface area (Å²) in [7, 11) is 3.76. The molecule has 0 aliphatic rings. The Labute approximate surface area is 116 Å².